The molecule has 0 atom stereocenters. The summed E-state index contributed by atoms with van der Waals surface area (Å²) in [4.78, 5) is 18.7. The highest BCUT2D eigenvalue weighted by molar-refractivity contribution is 6.29. The van der Waals surface area contributed by atoms with Crippen LogP contribution in [0.5, 0.6) is 0 Å². The van der Waals surface area contributed by atoms with Gasteiger partial charge in [0, 0.05) is 18.9 Å². The van der Waals surface area contributed by atoms with Crippen molar-refractivity contribution in [1.29, 1.82) is 0 Å². The number of halogens is 1. The van der Waals surface area contributed by atoms with E-state index in [1.165, 1.54) is 6.07 Å². The molecule has 0 bridgehead atoms. The lowest BCUT2D eigenvalue weighted by Gasteiger charge is -2.06. The van der Waals surface area contributed by atoms with Crippen molar-refractivity contribution in [2.45, 2.75) is 13.5 Å². The summed E-state index contributed by atoms with van der Waals surface area (Å²) < 4.78 is 1.90. The standard InChI is InChI=1S/C11H10ClN3O2/c1-7-13-2-3-15(7)6-8-4-9(11(16)17)14-10(12)5-8/h2-5H,6H2,1H3,(H,16,17). The highest BCUT2D eigenvalue weighted by Crippen LogP contribution is 2.13. The van der Waals surface area contributed by atoms with Crippen LogP contribution in [-0.4, -0.2) is 25.6 Å². The third kappa shape index (κ3) is 2.62. The maximum atomic E-state index is 10.8. The van der Waals surface area contributed by atoms with Gasteiger partial charge in [0.25, 0.3) is 0 Å². The van der Waals surface area contributed by atoms with Crippen LogP contribution in [0.3, 0.4) is 0 Å². The van der Waals surface area contributed by atoms with Gasteiger partial charge in [-0.15, -0.1) is 0 Å². The second-order valence-electron chi connectivity index (χ2n) is 3.59. The molecule has 0 fully saturated rings. The van der Waals surface area contributed by atoms with Gasteiger partial charge >= 0.3 is 5.97 Å². The second-order valence-corrected chi connectivity index (χ2v) is 3.98. The lowest BCUT2D eigenvalue weighted by Crippen LogP contribution is -2.05. The Morgan fingerprint density at radius 3 is 2.88 bits per heavy atom. The maximum Gasteiger partial charge on any atom is 0.354 e. The average Bonchev–Trinajstić information content (AvgIpc) is 2.63. The largest absolute Gasteiger partial charge is 0.477 e. The topological polar surface area (TPSA) is 68.0 Å². The van der Waals surface area contributed by atoms with Gasteiger partial charge < -0.3 is 9.67 Å². The van der Waals surface area contributed by atoms with Gasteiger partial charge in [-0.1, -0.05) is 11.6 Å². The van der Waals surface area contributed by atoms with Crippen LogP contribution in [0.25, 0.3) is 0 Å². The van der Waals surface area contributed by atoms with Crippen LogP contribution >= 0.6 is 11.6 Å². The number of imidazole rings is 1. The van der Waals surface area contributed by atoms with Gasteiger partial charge in [0.2, 0.25) is 0 Å². The summed E-state index contributed by atoms with van der Waals surface area (Å²) in [6.07, 6.45) is 3.51. The van der Waals surface area contributed by atoms with Crippen LogP contribution in [0.4, 0.5) is 0 Å². The molecule has 0 aliphatic carbocycles. The van der Waals surface area contributed by atoms with E-state index in [-0.39, 0.29) is 10.8 Å². The van der Waals surface area contributed by atoms with E-state index in [1.54, 1.807) is 12.3 Å². The quantitative estimate of drug-likeness (QED) is 0.847. The number of carboxylic acid groups (broad SMARTS) is 1. The van der Waals surface area contributed by atoms with Crippen molar-refractivity contribution < 1.29 is 9.90 Å². The van der Waals surface area contributed by atoms with Crippen molar-refractivity contribution in [2.75, 3.05) is 0 Å². The molecule has 17 heavy (non-hydrogen) atoms. The normalized spacial score (nSPS) is 10.5. The molecular formula is C11H10ClN3O2. The monoisotopic (exact) mass is 251 g/mol. The Balaban J connectivity index is 2.33. The predicted octanol–water partition coefficient (Wildman–Crippen LogP) is 1.99. The Kier molecular flexibility index (Phi) is 3.10. The van der Waals surface area contributed by atoms with Gasteiger partial charge in [-0.05, 0) is 24.6 Å². The van der Waals surface area contributed by atoms with Crippen molar-refractivity contribution in [3.8, 4) is 0 Å². The van der Waals surface area contributed by atoms with Crippen molar-refractivity contribution in [2.24, 2.45) is 0 Å². The van der Waals surface area contributed by atoms with Crippen LogP contribution in [0.15, 0.2) is 24.5 Å². The van der Waals surface area contributed by atoms with Crippen LogP contribution in [0, 0.1) is 6.92 Å². The van der Waals surface area contributed by atoms with E-state index in [1.807, 2.05) is 17.7 Å². The molecule has 0 aliphatic heterocycles. The van der Waals surface area contributed by atoms with E-state index < -0.39 is 5.97 Å². The number of nitrogens with zero attached hydrogens (tertiary/aromatic N) is 3. The summed E-state index contributed by atoms with van der Waals surface area (Å²) in [5, 5.41) is 9.05. The predicted molar refractivity (Wildman–Crippen MR) is 62.3 cm³/mol. The molecule has 1 N–H and O–H groups in total. The SMILES string of the molecule is Cc1nccn1Cc1cc(Cl)nc(C(=O)O)c1. The first kappa shape index (κ1) is 11.6. The smallest absolute Gasteiger partial charge is 0.354 e. The number of hydrogen-bond donors (Lipinski definition) is 1. The number of aromatic carboxylic acids is 1. The first-order valence-corrected chi connectivity index (χ1v) is 5.31. The summed E-state index contributed by atoms with van der Waals surface area (Å²) in [6.45, 7) is 2.40. The van der Waals surface area contributed by atoms with Gasteiger partial charge in [-0.2, -0.15) is 0 Å². The lowest BCUT2D eigenvalue weighted by atomic mass is 10.2. The molecule has 2 rings (SSSR count). The molecule has 0 saturated heterocycles. The third-order valence-electron chi connectivity index (χ3n) is 2.35. The van der Waals surface area contributed by atoms with Crippen LogP contribution < -0.4 is 0 Å². The fourth-order valence-corrected chi connectivity index (χ4v) is 1.75. The van der Waals surface area contributed by atoms with E-state index >= 15 is 0 Å². The molecule has 2 aromatic heterocycles. The molecule has 0 aromatic carbocycles. The van der Waals surface area contributed by atoms with E-state index in [0.29, 0.717) is 6.54 Å². The van der Waals surface area contributed by atoms with E-state index in [0.717, 1.165) is 11.4 Å². The van der Waals surface area contributed by atoms with Gasteiger partial charge in [0.1, 0.15) is 16.7 Å². The Bertz CT molecular complexity index is 566. The summed E-state index contributed by atoms with van der Waals surface area (Å²) in [7, 11) is 0. The van der Waals surface area contributed by atoms with E-state index in [9.17, 15) is 4.79 Å². The second kappa shape index (κ2) is 4.55. The van der Waals surface area contributed by atoms with Gasteiger partial charge in [-0.3, -0.25) is 0 Å². The minimum atomic E-state index is -1.09. The number of carbonyl (C=O) groups is 1. The summed E-state index contributed by atoms with van der Waals surface area (Å²) >= 11 is 5.77. The van der Waals surface area contributed by atoms with Gasteiger partial charge in [0.15, 0.2) is 0 Å². The van der Waals surface area contributed by atoms with Crippen LogP contribution in [-0.2, 0) is 6.54 Å². The highest BCUT2D eigenvalue weighted by atomic mass is 35.5. The molecule has 0 radical (unpaired) electrons. The average molecular weight is 252 g/mol. The van der Waals surface area contributed by atoms with E-state index in [2.05, 4.69) is 9.97 Å². The Morgan fingerprint density at radius 1 is 1.53 bits per heavy atom. The third-order valence-corrected chi connectivity index (χ3v) is 2.54. The summed E-state index contributed by atoms with van der Waals surface area (Å²) in [5.74, 6) is -0.231. The highest BCUT2D eigenvalue weighted by Gasteiger charge is 2.08. The molecule has 0 amide bonds. The number of hydrogen-bond acceptors (Lipinski definition) is 3. The molecule has 0 saturated carbocycles. The molecule has 2 aromatic rings. The molecule has 0 aliphatic rings. The molecule has 6 heteroatoms. The Labute approximate surface area is 103 Å². The van der Waals surface area contributed by atoms with E-state index in [4.69, 9.17) is 16.7 Å². The number of aromatic nitrogens is 3. The number of aryl methyl sites for hydroxylation is 1. The lowest BCUT2D eigenvalue weighted by molar-refractivity contribution is 0.0690. The van der Waals surface area contributed by atoms with Crippen molar-refractivity contribution in [3.63, 3.8) is 0 Å². The Hall–Kier alpha value is -1.88. The molecule has 2 heterocycles. The van der Waals surface area contributed by atoms with Crippen LogP contribution in [0.2, 0.25) is 5.15 Å². The zero-order chi connectivity index (χ0) is 12.4. The number of pyridine rings is 1. The summed E-state index contributed by atoms with van der Waals surface area (Å²) in [6, 6.07) is 3.15. The number of rotatable bonds is 3. The number of carboxylic acids is 1. The zero-order valence-corrected chi connectivity index (χ0v) is 9.85. The molecule has 0 unspecified atom stereocenters. The minimum absolute atomic E-state index is 0.0507. The Morgan fingerprint density at radius 2 is 2.29 bits per heavy atom. The molecule has 0 spiro atoms. The van der Waals surface area contributed by atoms with Crippen molar-refractivity contribution >= 4 is 17.6 Å². The first-order chi connectivity index (χ1) is 8.06. The first-order valence-electron chi connectivity index (χ1n) is 4.94. The maximum absolute atomic E-state index is 10.8. The van der Waals surface area contributed by atoms with Crippen LogP contribution in [0.1, 0.15) is 21.9 Å². The minimum Gasteiger partial charge on any atom is -0.477 e. The molecule has 88 valence electrons. The van der Waals surface area contributed by atoms with Gasteiger partial charge in [-0.25, -0.2) is 14.8 Å². The fourth-order valence-electron chi connectivity index (χ4n) is 1.52. The zero-order valence-electron chi connectivity index (χ0n) is 9.09. The van der Waals surface area contributed by atoms with Crippen molar-refractivity contribution in [1.82, 2.24) is 14.5 Å². The molecule has 5 nitrogen and oxygen atoms in total. The molecular weight excluding hydrogens is 242 g/mol. The summed E-state index contributed by atoms with van der Waals surface area (Å²) in [5.41, 5.74) is 0.730. The van der Waals surface area contributed by atoms with Gasteiger partial charge in [0.05, 0.1) is 0 Å². The fraction of sp³-hybridized carbons (Fsp3) is 0.182. The van der Waals surface area contributed by atoms with Crippen molar-refractivity contribution in [3.05, 3.63) is 46.8 Å².